The summed E-state index contributed by atoms with van der Waals surface area (Å²) in [7, 11) is 0. The van der Waals surface area contributed by atoms with Gasteiger partial charge in [-0.15, -0.1) is 0 Å². The number of Topliss-reactive ketones (excluding diaryl/α,β-unsaturated/α-hetero) is 2. The highest BCUT2D eigenvalue weighted by molar-refractivity contribution is 6.42. The topological polar surface area (TPSA) is 34.1 Å². The number of carbonyl (C=O) groups excluding carboxylic acids is 2. The molecule has 0 saturated heterocycles. The van der Waals surface area contributed by atoms with Crippen LogP contribution in [0.5, 0.6) is 0 Å². The van der Waals surface area contributed by atoms with Crippen LogP contribution in [-0.4, -0.2) is 11.6 Å². The van der Waals surface area contributed by atoms with Gasteiger partial charge in [0.15, 0.2) is 0 Å². The second-order valence-corrected chi connectivity index (χ2v) is 4.21. The second kappa shape index (κ2) is 2.77. The van der Waals surface area contributed by atoms with Crippen molar-refractivity contribution in [2.45, 2.75) is 25.7 Å². The predicted molar refractivity (Wildman–Crippen MR) is 53.2 cm³/mol. The van der Waals surface area contributed by atoms with Gasteiger partial charge >= 0.3 is 0 Å². The summed E-state index contributed by atoms with van der Waals surface area (Å²) < 4.78 is 0. The molecule has 0 unspecified atom stereocenters. The molecule has 2 heteroatoms. The van der Waals surface area contributed by atoms with E-state index < -0.39 is 5.41 Å². The van der Waals surface area contributed by atoms with Gasteiger partial charge in [-0.3, -0.25) is 9.59 Å². The number of fused-ring (bicyclic) bond motifs is 1. The molecular formula is C12H12O2. The zero-order valence-electron chi connectivity index (χ0n) is 8.33. The highest BCUT2D eigenvalue weighted by atomic mass is 16.2. The van der Waals surface area contributed by atoms with Crippen LogP contribution in [0.3, 0.4) is 0 Å². The lowest BCUT2D eigenvalue weighted by Gasteiger charge is -2.29. The Morgan fingerprint density at radius 3 is 2.50 bits per heavy atom. The summed E-state index contributed by atoms with van der Waals surface area (Å²) in [6, 6.07) is 7.66. The molecule has 1 aromatic rings. The van der Waals surface area contributed by atoms with Crippen molar-refractivity contribution in [1.29, 1.82) is 0 Å². The van der Waals surface area contributed by atoms with Crippen LogP contribution in [-0.2, 0) is 21.4 Å². The number of ketones is 2. The van der Waals surface area contributed by atoms with Gasteiger partial charge in [0.05, 0.1) is 5.41 Å². The van der Waals surface area contributed by atoms with Crippen LogP contribution in [0, 0.1) is 0 Å². The lowest BCUT2D eigenvalue weighted by Crippen LogP contribution is -2.41. The van der Waals surface area contributed by atoms with E-state index >= 15 is 0 Å². The van der Waals surface area contributed by atoms with Crippen LogP contribution in [0.1, 0.15) is 25.0 Å². The fraction of sp³-hybridized carbons (Fsp3) is 0.333. The first-order valence-electron chi connectivity index (χ1n) is 4.69. The normalized spacial score (nSPS) is 19.3. The van der Waals surface area contributed by atoms with Crippen molar-refractivity contribution in [2.75, 3.05) is 0 Å². The summed E-state index contributed by atoms with van der Waals surface area (Å²) in [4.78, 5) is 23.1. The highest BCUT2D eigenvalue weighted by Crippen LogP contribution is 2.32. The lowest BCUT2D eigenvalue weighted by molar-refractivity contribution is -0.139. The van der Waals surface area contributed by atoms with Crippen LogP contribution < -0.4 is 0 Å². The van der Waals surface area contributed by atoms with Crippen LogP contribution in [0.25, 0.3) is 0 Å². The molecule has 0 radical (unpaired) electrons. The van der Waals surface area contributed by atoms with E-state index in [0.29, 0.717) is 0 Å². The summed E-state index contributed by atoms with van der Waals surface area (Å²) in [6.45, 7) is 3.62. The van der Waals surface area contributed by atoms with E-state index in [0.717, 1.165) is 11.1 Å². The maximum absolute atomic E-state index is 11.7. The summed E-state index contributed by atoms with van der Waals surface area (Å²) in [5.74, 6) is -0.537. The monoisotopic (exact) mass is 188 g/mol. The maximum atomic E-state index is 11.7. The van der Waals surface area contributed by atoms with Crippen LogP contribution in [0.15, 0.2) is 24.3 Å². The average molecular weight is 188 g/mol. The van der Waals surface area contributed by atoms with Gasteiger partial charge in [0.2, 0.25) is 11.6 Å². The maximum Gasteiger partial charge on any atom is 0.208 e. The zero-order valence-corrected chi connectivity index (χ0v) is 8.33. The molecule has 0 aliphatic heterocycles. The Balaban J connectivity index is 2.65. The molecule has 0 amide bonds. The van der Waals surface area contributed by atoms with Crippen LogP contribution >= 0.6 is 0 Å². The van der Waals surface area contributed by atoms with Crippen molar-refractivity contribution in [3.8, 4) is 0 Å². The third-order valence-electron chi connectivity index (χ3n) is 2.86. The quantitative estimate of drug-likeness (QED) is 0.580. The molecule has 0 spiro atoms. The standard InChI is InChI=1S/C12H12O2/c1-12(2)9-6-4-3-5-8(9)7-10(13)11(12)14/h3-6H,7H2,1-2H3. The molecule has 0 N–H and O–H groups in total. The molecule has 2 rings (SSSR count). The first-order chi connectivity index (χ1) is 6.53. The fourth-order valence-corrected chi connectivity index (χ4v) is 2.01. The molecule has 0 heterocycles. The SMILES string of the molecule is CC1(C)C(=O)C(=O)Cc2ccccc21. The second-order valence-electron chi connectivity index (χ2n) is 4.21. The van der Waals surface area contributed by atoms with E-state index in [4.69, 9.17) is 0 Å². The molecule has 1 aromatic carbocycles. The number of rotatable bonds is 0. The van der Waals surface area contributed by atoms with E-state index in [1.807, 2.05) is 38.1 Å². The summed E-state index contributed by atoms with van der Waals surface area (Å²) in [5.41, 5.74) is 1.33. The smallest absolute Gasteiger partial charge is 0.208 e. The average Bonchev–Trinajstić information content (AvgIpc) is 2.15. The van der Waals surface area contributed by atoms with E-state index in [1.165, 1.54) is 0 Å². The molecule has 2 nitrogen and oxygen atoms in total. The highest BCUT2D eigenvalue weighted by Gasteiger charge is 2.39. The van der Waals surface area contributed by atoms with Crippen molar-refractivity contribution in [2.24, 2.45) is 0 Å². The third kappa shape index (κ3) is 1.10. The van der Waals surface area contributed by atoms with Gasteiger partial charge in [-0.1, -0.05) is 24.3 Å². The van der Waals surface area contributed by atoms with E-state index in [9.17, 15) is 9.59 Å². The van der Waals surface area contributed by atoms with E-state index in [1.54, 1.807) is 0 Å². The number of hydrogen-bond donors (Lipinski definition) is 0. The first kappa shape index (κ1) is 9.13. The molecule has 1 aliphatic carbocycles. The van der Waals surface area contributed by atoms with Gasteiger partial charge in [0.1, 0.15) is 0 Å². The van der Waals surface area contributed by atoms with Crippen LogP contribution in [0.4, 0.5) is 0 Å². The minimum absolute atomic E-state index is 0.262. The van der Waals surface area contributed by atoms with Gasteiger partial charge in [-0.05, 0) is 25.0 Å². The molecule has 0 fully saturated rings. The molecule has 0 bridgehead atoms. The van der Waals surface area contributed by atoms with Gasteiger partial charge in [0.25, 0.3) is 0 Å². The van der Waals surface area contributed by atoms with Gasteiger partial charge < -0.3 is 0 Å². The molecule has 0 atom stereocenters. The first-order valence-corrected chi connectivity index (χ1v) is 4.69. The number of benzene rings is 1. The molecule has 14 heavy (non-hydrogen) atoms. The van der Waals surface area contributed by atoms with Crippen molar-refractivity contribution >= 4 is 11.6 Å². The Bertz CT molecular complexity index is 416. The van der Waals surface area contributed by atoms with Crippen LogP contribution in [0.2, 0.25) is 0 Å². The Hall–Kier alpha value is -1.44. The number of carbonyl (C=O) groups is 2. The summed E-state index contributed by atoms with van der Waals surface area (Å²) in [5, 5.41) is 0. The summed E-state index contributed by atoms with van der Waals surface area (Å²) >= 11 is 0. The predicted octanol–water partition coefficient (Wildman–Crippen LogP) is 1.66. The third-order valence-corrected chi connectivity index (χ3v) is 2.86. The van der Waals surface area contributed by atoms with Gasteiger partial charge in [-0.25, -0.2) is 0 Å². The Morgan fingerprint density at radius 1 is 1.14 bits per heavy atom. The Morgan fingerprint density at radius 2 is 1.79 bits per heavy atom. The molecule has 1 aliphatic rings. The fourth-order valence-electron chi connectivity index (χ4n) is 2.01. The van der Waals surface area contributed by atoms with Crippen molar-refractivity contribution in [1.82, 2.24) is 0 Å². The minimum Gasteiger partial charge on any atom is -0.290 e. The molecule has 0 aromatic heterocycles. The molecular weight excluding hydrogens is 176 g/mol. The lowest BCUT2D eigenvalue weighted by atomic mass is 9.71. The van der Waals surface area contributed by atoms with Gasteiger partial charge in [0, 0.05) is 6.42 Å². The van der Waals surface area contributed by atoms with Crippen molar-refractivity contribution in [3.63, 3.8) is 0 Å². The summed E-state index contributed by atoms with van der Waals surface area (Å²) in [6.07, 6.45) is 0.262. The van der Waals surface area contributed by atoms with Crippen molar-refractivity contribution < 1.29 is 9.59 Å². The number of hydrogen-bond acceptors (Lipinski definition) is 2. The molecule has 72 valence electrons. The molecule has 0 saturated carbocycles. The van der Waals surface area contributed by atoms with Crippen molar-refractivity contribution in [3.05, 3.63) is 35.4 Å². The van der Waals surface area contributed by atoms with Gasteiger partial charge in [-0.2, -0.15) is 0 Å². The van der Waals surface area contributed by atoms with E-state index in [2.05, 4.69) is 0 Å². The zero-order chi connectivity index (χ0) is 10.3. The minimum atomic E-state index is -0.647. The Labute approximate surface area is 82.9 Å². The largest absolute Gasteiger partial charge is 0.290 e. The Kier molecular flexibility index (Phi) is 1.81. The van der Waals surface area contributed by atoms with E-state index in [-0.39, 0.29) is 18.0 Å².